The lowest BCUT2D eigenvalue weighted by molar-refractivity contribution is 0.600. The Bertz CT molecular complexity index is 629. The third-order valence-corrected chi connectivity index (χ3v) is 3.99. The fourth-order valence-corrected chi connectivity index (χ4v) is 3.02. The third-order valence-electron chi connectivity index (χ3n) is 1.79. The van der Waals surface area contributed by atoms with Crippen LogP contribution in [-0.4, -0.2) is 23.4 Å². The first-order valence-electron chi connectivity index (χ1n) is 4.32. The van der Waals surface area contributed by atoms with Crippen LogP contribution in [0.4, 0.5) is 5.95 Å². The van der Waals surface area contributed by atoms with Crippen LogP contribution >= 0.6 is 27.5 Å². The largest absolute Gasteiger partial charge is 0.330 e. The van der Waals surface area contributed by atoms with Crippen LogP contribution in [0.15, 0.2) is 34.0 Å². The van der Waals surface area contributed by atoms with Gasteiger partial charge in [-0.3, -0.25) is 0 Å². The fourth-order valence-electron chi connectivity index (χ4n) is 1.10. The Morgan fingerprint density at radius 2 is 2.18 bits per heavy atom. The van der Waals surface area contributed by atoms with Crippen molar-refractivity contribution in [3.63, 3.8) is 0 Å². The summed E-state index contributed by atoms with van der Waals surface area (Å²) < 4.78 is 26.7. The van der Waals surface area contributed by atoms with Gasteiger partial charge in [0.15, 0.2) is 0 Å². The number of pyridine rings is 1. The highest BCUT2D eigenvalue weighted by Gasteiger charge is 2.20. The summed E-state index contributed by atoms with van der Waals surface area (Å²) in [5.74, 6) is 0.112. The number of H-pyrrole nitrogens is 1. The second kappa shape index (κ2) is 4.63. The molecule has 0 unspecified atom stereocenters. The highest BCUT2D eigenvalue weighted by molar-refractivity contribution is 9.10. The minimum absolute atomic E-state index is 0.104. The van der Waals surface area contributed by atoms with Crippen LogP contribution < -0.4 is 4.72 Å². The van der Waals surface area contributed by atoms with E-state index in [0.29, 0.717) is 4.47 Å². The SMILES string of the molecule is O=S(=O)(Nc1ncc[nH]1)c1cc(Br)cnc1Cl. The van der Waals surface area contributed by atoms with Gasteiger partial charge in [0.25, 0.3) is 10.0 Å². The van der Waals surface area contributed by atoms with Gasteiger partial charge < -0.3 is 4.98 Å². The summed E-state index contributed by atoms with van der Waals surface area (Å²) >= 11 is 8.87. The van der Waals surface area contributed by atoms with Gasteiger partial charge >= 0.3 is 0 Å². The molecule has 6 nitrogen and oxygen atoms in total. The average Bonchev–Trinajstić information content (AvgIpc) is 2.73. The number of sulfonamides is 1. The molecule has 2 N–H and O–H groups in total. The Labute approximate surface area is 111 Å². The first-order valence-corrected chi connectivity index (χ1v) is 6.98. The van der Waals surface area contributed by atoms with Gasteiger partial charge in [-0.05, 0) is 22.0 Å². The molecular formula is C8H6BrClN4O2S. The molecular weight excluding hydrogens is 332 g/mol. The van der Waals surface area contributed by atoms with Crippen LogP contribution in [0.25, 0.3) is 0 Å². The monoisotopic (exact) mass is 336 g/mol. The predicted octanol–water partition coefficient (Wildman–Crippen LogP) is 2.02. The van der Waals surface area contributed by atoms with Gasteiger partial charge in [-0.2, -0.15) is 0 Å². The Morgan fingerprint density at radius 3 is 2.82 bits per heavy atom. The molecule has 0 aromatic carbocycles. The van der Waals surface area contributed by atoms with Gasteiger partial charge in [0, 0.05) is 23.1 Å². The van der Waals surface area contributed by atoms with E-state index in [1.165, 1.54) is 24.7 Å². The Morgan fingerprint density at radius 1 is 1.41 bits per heavy atom. The van der Waals surface area contributed by atoms with Gasteiger partial charge in [-0.25, -0.2) is 23.1 Å². The molecule has 0 bridgehead atoms. The van der Waals surface area contributed by atoms with Crippen molar-refractivity contribution in [2.75, 3.05) is 4.72 Å². The van der Waals surface area contributed by atoms with Crippen molar-refractivity contribution in [2.45, 2.75) is 4.90 Å². The summed E-state index contributed by atoms with van der Waals surface area (Å²) in [6.45, 7) is 0. The molecule has 0 saturated heterocycles. The molecule has 0 spiro atoms. The molecule has 0 atom stereocenters. The maximum absolute atomic E-state index is 12.0. The molecule has 0 fully saturated rings. The molecule has 90 valence electrons. The van der Waals surface area contributed by atoms with Crippen molar-refractivity contribution in [3.8, 4) is 0 Å². The number of hydrogen-bond acceptors (Lipinski definition) is 4. The number of aromatic nitrogens is 3. The smallest absolute Gasteiger partial charge is 0.267 e. The van der Waals surface area contributed by atoms with Crippen molar-refractivity contribution < 1.29 is 8.42 Å². The minimum atomic E-state index is -3.80. The summed E-state index contributed by atoms with van der Waals surface area (Å²) in [6.07, 6.45) is 4.34. The second-order valence-corrected chi connectivity index (χ2v) is 5.91. The van der Waals surface area contributed by atoms with Crippen LogP contribution in [-0.2, 0) is 10.0 Å². The topological polar surface area (TPSA) is 87.7 Å². The molecule has 0 radical (unpaired) electrons. The quantitative estimate of drug-likeness (QED) is 0.839. The first kappa shape index (κ1) is 12.3. The van der Waals surface area contributed by atoms with Crippen molar-refractivity contribution in [2.24, 2.45) is 0 Å². The lowest BCUT2D eigenvalue weighted by Crippen LogP contribution is -2.14. The van der Waals surface area contributed by atoms with Crippen LogP contribution in [0.5, 0.6) is 0 Å². The van der Waals surface area contributed by atoms with Gasteiger partial charge in [0.05, 0.1) is 0 Å². The molecule has 2 heterocycles. The molecule has 17 heavy (non-hydrogen) atoms. The van der Waals surface area contributed by atoms with E-state index in [0.717, 1.165) is 0 Å². The number of imidazole rings is 1. The number of hydrogen-bond donors (Lipinski definition) is 2. The lowest BCUT2D eigenvalue weighted by atomic mass is 10.5. The summed E-state index contributed by atoms with van der Waals surface area (Å²) in [4.78, 5) is 10.0. The van der Waals surface area contributed by atoms with Crippen LogP contribution in [0.3, 0.4) is 0 Å². The van der Waals surface area contributed by atoms with E-state index in [4.69, 9.17) is 11.6 Å². The van der Waals surface area contributed by atoms with Crippen LogP contribution in [0.1, 0.15) is 0 Å². The van der Waals surface area contributed by atoms with Crippen molar-refractivity contribution in [1.29, 1.82) is 0 Å². The molecule has 9 heteroatoms. The molecule has 2 aromatic rings. The predicted molar refractivity (Wildman–Crippen MR) is 66.3 cm³/mol. The second-order valence-electron chi connectivity index (χ2n) is 2.99. The number of nitrogens with zero attached hydrogens (tertiary/aromatic N) is 2. The normalized spacial score (nSPS) is 11.4. The van der Waals surface area contributed by atoms with E-state index < -0.39 is 10.0 Å². The van der Waals surface area contributed by atoms with E-state index in [1.807, 2.05) is 0 Å². The van der Waals surface area contributed by atoms with E-state index in [9.17, 15) is 8.42 Å². The van der Waals surface area contributed by atoms with Gasteiger partial charge in [-0.15, -0.1) is 0 Å². The van der Waals surface area contributed by atoms with Gasteiger partial charge in [0.1, 0.15) is 10.0 Å². The number of nitrogens with one attached hydrogen (secondary N) is 2. The summed E-state index contributed by atoms with van der Waals surface area (Å²) in [6, 6.07) is 1.36. The summed E-state index contributed by atoms with van der Waals surface area (Å²) in [7, 11) is -3.80. The highest BCUT2D eigenvalue weighted by atomic mass is 79.9. The number of halogens is 2. The summed E-state index contributed by atoms with van der Waals surface area (Å²) in [5.41, 5.74) is 0. The highest BCUT2D eigenvalue weighted by Crippen LogP contribution is 2.23. The van der Waals surface area contributed by atoms with Crippen molar-refractivity contribution >= 4 is 43.5 Å². The van der Waals surface area contributed by atoms with Crippen molar-refractivity contribution in [1.82, 2.24) is 15.0 Å². The minimum Gasteiger partial charge on any atom is -0.330 e. The number of anilines is 1. The molecule has 2 rings (SSSR count). The molecule has 0 aliphatic rings. The first-order chi connectivity index (χ1) is 7.99. The van der Waals surface area contributed by atoms with E-state index in [1.54, 1.807) is 0 Å². The fraction of sp³-hybridized carbons (Fsp3) is 0. The van der Waals surface area contributed by atoms with E-state index in [-0.39, 0.29) is 16.0 Å². The van der Waals surface area contributed by atoms with Crippen LogP contribution in [0.2, 0.25) is 5.15 Å². The maximum Gasteiger partial charge on any atom is 0.267 e. The molecule has 2 aromatic heterocycles. The number of aromatic amines is 1. The standard InChI is InChI=1S/C8H6BrClN4O2S/c9-5-3-6(7(10)13-4-5)17(15,16)14-8-11-1-2-12-8/h1-4H,(H2,11,12,14). The maximum atomic E-state index is 12.0. The summed E-state index contributed by atoms with van der Waals surface area (Å²) in [5, 5.41) is -0.104. The van der Waals surface area contributed by atoms with Crippen LogP contribution in [0, 0.1) is 0 Å². The molecule has 0 aliphatic heterocycles. The van der Waals surface area contributed by atoms with Gasteiger partial charge in [-0.1, -0.05) is 11.6 Å². The number of rotatable bonds is 3. The van der Waals surface area contributed by atoms with E-state index >= 15 is 0 Å². The van der Waals surface area contributed by atoms with E-state index in [2.05, 4.69) is 35.6 Å². The molecule has 0 amide bonds. The molecule has 0 saturated carbocycles. The zero-order valence-electron chi connectivity index (χ0n) is 8.18. The molecule has 0 aliphatic carbocycles. The Kier molecular flexibility index (Phi) is 3.36. The Balaban J connectivity index is 2.41. The zero-order chi connectivity index (χ0) is 12.5. The zero-order valence-corrected chi connectivity index (χ0v) is 11.3. The average molecular weight is 338 g/mol. The van der Waals surface area contributed by atoms with Gasteiger partial charge in [0.2, 0.25) is 5.95 Å². The Hall–Kier alpha value is -1.12. The third kappa shape index (κ3) is 2.76. The van der Waals surface area contributed by atoms with Crippen molar-refractivity contribution in [3.05, 3.63) is 34.3 Å². The lowest BCUT2D eigenvalue weighted by Gasteiger charge is -2.06.